The zero-order chi connectivity index (χ0) is 17.9. The average Bonchev–Trinajstić information content (AvgIpc) is 3.22. The maximum atomic E-state index is 12.5. The number of likely N-dealkylation sites (tertiary alicyclic amines) is 1. The standard InChI is InChI=1S/C19H18N4O3/c24-18(17-11-20-15-3-1-2-4-16(15)22-17)21-14-5-8-23(9-6-14)19(25)13-7-10-26-12-13/h1-4,7,10-12,14H,5-6,8-9H2,(H,21,24). The first kappa shape index (κ1) is 16.3. The number of carbonyl (C=O) groups excluding carboxylic acids is 2. The molecule has 3 aromatic rings. The number of para-hydroxylation sites is 2. The summed E-state index contributed by atoms with van der Waals surface area (Å²) in [5.41, 5.74) is 2.32. The molecule has 2 amide bonds. The number of hydrogen-bond donors (Lipinski definition) is 1. The molecule has 7 nitrogen and oxygen atoms in total. The van der Waals surface area contributed by atoms with Crippen molar-refractivity contribution in [3.63, 3.8) is 0 Å². The zero-order valence-corrected chi connectivity index (χ0v) is 14.1. The fourth-order valence-corrected chi connectivity index (χ4v) is 3.12. The van der Waals surface area contributed by atoms with Gasteiger partial charge in [-0.3, -0.25) is 14.6 Å². The molecule has 1 aliphatic heterocycles. The van der Waals surface area contributed by atoms with Crippen molar-refractivity contribution in [1.29, 1.82) is 0 Å². The maximum absolute atomic E-state index is 12.5. The van der Waals surface area contributed by atoms with E-state index in [1.54, 1.807) is 11.0 Å². The Morgan fingerprint density at radius 2 is 1.88 bits per heavy atom. The Bertz CT molecular complexity index is 931. The van der Waals surface area contributed by atoms with Crippen LogP contribution in [0.3, 0.4) is 0 Å². The van der Waals surface area contributed by atoms with Crippen molar-refractivity contribution in [2.75, 3.05) is 13.1 Å². The van der Waals surface area contributed by atoms with E-state index in [0.29, 0.717) is 42.7 Å². The summed E-state index contributed by atoms with van der Waals surface area (Å²) < 4.78 is 4.96. The van der Waals surface area contributed by atoms with Crippen LogP contribution in [0.5, 0.6) is 0 Å². The monoisotopic (exact) mass is 350 g/mol. The summed E-state index contributed by atoms with van der Waals surface area (Å²) in [7, 11) is 0. The minimum atomic E-state index is -0.233. The van der Waals surface area contributed by atoms with Gasteiger partial charge in [-0.15, -0.1) is 0 Å². The van der Waals surface area contributed by atoms with E-state index in [4.69, 9.17) is 4.42 Å². The van der Waals surface area contributed by atoms with Crippen LogP contribution in [0.1, 0.15) is 33.7 Å². The smallest absolute Gasteiger partial charge is 0.271 e. The van der Waals surface area contributed by atoms with E-state index in [9.17, 15) is 9.59 Å². The second kappa shape index (κ2) is 6.95. The fraction of sp³-hybridized carbons (Fsp3) is 0.263. The Morgan fingerprint density at radius 1 is 1.12 bits per heavy atom. The molecule has 1 saturated heterocycles. The number of nitrogens with one attached hydrogen (secondary N) is 1. The second-order valence-corrected chi connectivity index (χ2v) is 6.30. The normalized spacial score (nSPS) is 15.2. The van der Waals surface area contributed by atoms with Crippen molar-refractivity contribution in [2.45, 2.75) is 18.9 Å². The molecule has 0 atom stereocenters. The summed E-state index contributed by atoms with van der Waals surface area (Å²) in [6.45, 7) is 1.19. The lowest BCUT2D eigenvalue weighted by Crippen LogP contribution is -2.46. The third-order valence-corrected chi connectivity index (χ3v) is 4.57. The summed E-state index contributed by atoms with van der Waals surface area (Å²) in [6, 6.07) is 9.12. The number of benzene rings is 1. The van der Waals surface area contributed by atoms with E-state index in [1.807, 2.05) is 24.3 Å². The van der Waals surface area contributed by atoms with Crippen molar-refractivity contribution in [3.8, 4) is 0 Å². The van der Waals surface area contributed by atoms with Crippen molar-refractivity contribution < 1.29 is 14.0 Å². The van der Waals surface area contributed by atoms with E-state index < -0.39 is 0 Å². The van der Waals surface area contributed by atoms with Gasteiger partial charge >= 0.3 is 0 Å². The number of aromatic nitrogens is 2. The Kier molecular flexibility index (Phi) is 4.35. The Hall–Kier alpha value is -3.22. The molecule has 1 N–H and O–H groups in total. The van der Waals surface area contributed by atoms with Crippen molar-refractivity contribution >= 4 is 22.8 Å². The van der Waals surface area contributed by atoms with E-state index in [1.165, 1.54) is 18.7 Å². The molecule has 4 rings (SSSR count). The molecule has 1 aliphatic rings. The molecule has 0 unspecified atom stereocenters. The minimum absolute atomic E-state index is 0.0178. The van der Waals surface area contributed by atoms with Crippen LogP contribution in [-0.4, -0.2) is 45.8 Å². The van der Waals surface area contributed by atoms with E-state index in [-0.39, 0.29) is 17.9 Å². The highest BCUT2D eigenvalue weighted by Gasteiger charge is 2.25. The van der Waals surface area contributed by atoms with Crippen LogP contribution in [0.15, 0.2) is 53.5 Å². The molecular formula is C19H18N4O3. The van der Waals surface area contributed by atoms with Gasteiger partial charge < -0.3 is 14.6 Å². The fourth-order valence-electron chi connectivity index (χ4n) is 3.12. The van der Waals surface area contributed by atoms with Crippen LogP contribution >= 0.6 is 0 Å². The molecule has 26 heavy (non-hydrogen) atoms. The molecule has 0 saturated carbocycles. The van der Waals surface area contributed by atoms with Gasteiger partial charge in [0.15, 0.2) is 0 Å². The van der Waals surface area contributed by atoms with Gasteiger partial charge in [0.2, 0.25) is 0 Å². The summed E-state index contributed by atoms with van der Waals surface area (Å²) in [4.78, 5) is 35.2. The molecule has 0 aliphatic carbocycles. The molecule has 0 bridgehead atoms. The van der Waals surface area contributed by atoms with Gasteiger partial charge in [-0.2, -0.15) is 0 Å². The quantitative estimate of drug-likeness (QED) is 0.783. The molecule has 7 heteroatoms. The van der Waals surface area contributed by atoms with Crippen molar-refractivity contribution in [3.05, 3.63) is 60.3 Å². The number of hydrogen-bond acceptors (Lipinski definition) is 5. The number of amides is 2. The third-order valence-electron chi connectivity index (χ3n) is 4.57. The van der Waals surface area contributed by atoms with Crippen LogP contribution < -0.4 is 5.32 Å². The Balaban J connectivity index is 1.36. The molecule has 3 heterocycles. The van der Waals surface area contributed by atoms with Gasteiger partial charge in [-0.1, -0.05) is 12.1 Å². The minimum Gasteiger partial charge on any atom is -0.472 e. The lowest BCUT2D eigenvalue weighted by atomic mass is 10.0. The van der Waals surface area contributed by atoms with Gasteiger partial charge in [0.1, 0.15) is 12.0 Å². The second-order valence-electron chi connectivity index (χ2n) is 6.30. The van der Waals surface area contributed by atoms with Gasteiger partial charge in [0, 0.05) is 19.1 Å². The Morgan fingerprint density at radius 3 is 2.62 bits per heavy atom. The SMILES string of the molecule is O=C(NC1CCN(C(=O)c2ccoc2)CC1)c1cnc2ccccc2n1. The lowest BCUT2D eigenvalue weighted by molar-refractivity contribution is 0.0697. The maximum Gasteiger partial charge on any atom is 0.271 e. The summed E-state index contributed by atoms with van der Waals surface area (Å²) in [5, 5.41) is 3.00. The lowest BCUT2D eigenvalue weighted by Gasteiger charge is -2.32. The molecule has 0 radical (unpaired) electrons. The van der Waals surface area contributed by atoms with E-state index in [0.717, 1.165) is 5.52 Å². The van der Waals surface area contributed by atoms with Crippen LogP contribution in [-0.2, 0) is 0 Å². The highest BCUT2D eigenvalue weighted by atomic mass is 16.3. The predicted octanol–water partition coefficient (Wildman–Crippen LogP) is 2.26. The van der Waals surface area contributed by atoms with Gasteiger partial charge in [0.25, 0.3) is 11.8 Å². The molecular weight excluding hydrogens is 332 g/mol. The summed E-state index contributed by atoms with van der Waals surface area (Å²) >= 11 is 0. The first-order valence-electron chi connectivity index (χ1n) is 8.55. The summed E-state index contributed by atoms with van der Waals surface area (Å²) in [5.74, 6) is -0.271. The number of piperidine rings is 1. The molecule has 1 fully saturated rings. The van der Waals surface area contributed by atoms with Crippen molar-refractivity contribution in [2.24, 2.45) is 0 Å². The van der Waals surface area contributed by atoms with Gasteiger partial charge in [0.05, 0.1) is 29.1 Å². The van der Waals surface area contributed by atoms with E-state index >= 15 is 0 Å². The zero-order valence-electron chi connectivity index (χ0n) is 14.1. The van der Waals surface area contributed by atoms with Gasteiger partial charge in [-0.05, 0) is 31.0 Å². The number of carbonyl (C=O) groups is 2. The topological polar surface area (TPSA) is 88.3 Å². The largest absolute Gasteiger partial charge is 0.472 e. The van der Waals surface area contributed by atoms with Crippen LogP contribution in [0.25, 0.3) is 11.0 Å². The molecule has 2 aromatic heterocycles. The highest BCUT2D eigenvalue weighted by Crippen LogP contribution is 2.15. The number of furan rings is 1. The van der Waals surface area contributed by atoms with Gasteiger partial charge in [-0.25, -0.2) is 4.98 Å². The number of fused-ring (bicyclic) bond motifs is 1. The van der Waals surface area contributed by atoms with E-state index in [2.05, 4.69) is 15.3 Å². The highest BCUT2D eigenvalue weighted by molar-refractivity contribution is 5.94. The van der Waals surface area contributed by atoms with Crippen LogP contribution in [0.2, 0.25) is 0 Å². The van der Waals surface area contributed by atoms with Crippen molar-refractivity contribution in [1.82, 2.24) is 20.2 Å². The average molecular weight is 350 g/mol. The number of nitrogens with zero attached hydrogens (tertiary/aromatic N) is 3. The van der Waals surface area contributed by atoms with Crippen LogP contribution in [0.4, 0.5) is 0 Å². The number of rotatable bonds is 3. The Labute approximate surface area is 150 Å². The predicted molar refractivity (Wildman–Crippen MR) is 94.6 cm³/mol. The summed E-state index contributed by atoms with van der Waals surface area (Å²) in [6.07, 6.45) is 5.85. The molecule has 132 valence electrons. The molecule has 0 spiro atoms. The first-order chi connectivity index (χ1) is 12.7. The first-order valence-corrected chi connectivity index (χ1v) is 8.55. The van der Waals surface area contributed by atoms with Crippen LogP contribution in [0, 0.1) is 0 Å². The third kappa shape index (κ3) is 3.28. The molecule has 1 aromatic carbocycles.